The van der Waals surface area contributed by atoms with Gasteiger partial charge in [-0.2, -0.15) is 0 Å². The van der Waals surface area contributed by atoms with Crippen molar-refractivity contribution in [1.82, 2.24) is 0 Å². The average molecular weight is 212 g/mol. The lowest BCUT2D eigenvalue weighted by Gasteiger charge is -2.05. The van der Waals surface area contributed by atoms with Crippen LogP contribution in [0.2, 0.25) is 0 Å². The van der Waals surface area contributed by atoms with Crippen molar-refractivity contribution in [3.63, 3.8) is 0 Å². The summed E-state index contributed by atoms with van der Waals surface area (Å²) in [4.78, 5) is 23.4. The van der Waals surface area contributed by atoms with Gasteiger partial charge in [-0.3, -0.25) is 4.79 Å². The topological polar surface area (TPSA) is 43.4 Å². The van der Waals surface area contributed by atoms with Crippen LogP contribution < -0.4 is 0 Å². The highest BCUT2D eigenvalue weighted by atomic mass is 32.1. The second-order valence-corrected chi connectivity index (χ2v) is 4.26. The van der Waals surface area contributed by atoms with E-state index in [9.17, 15) is 9.59 Å². The van der Waals surface area contributed by atoms with E-state index in [1.807, 2.05) is 0 Å². The van der Waals surface area contributed by atoms with E-state index in [2.05, 4.69) is 0 Å². The third-order valence-electron chi connectivity index (χ3n) is 1.50. The first-order chi connectivity index (χ1) is 6.50. The first-order valence-electron chi connectivity index (χ1n) is 4.32. The summed E-state index contributed by atoms with van der Waals surface area (Å²) in [5.74, 6) is -0.393. The van der Waals surface area contributed by atoms with Crippen molar-refractivity contribution in [3.8, 4) is 0 Å². The summed E-state index contributed by atoms with van der Waals surface area (Å²) < 4.78 is 4.99. The van der Waals surface area contributed by atoms with Gasteiger partial charge in [0.15, 0.2) is 5.78 Å². The first kappa shape index (κ1) is 10.9. The van der Waals surface area contributed by atoms with Crippen LogP contribution in [0.1, 0.15) is 40.1 Å². The molecule has 14 heavy (non-hydrogen) atoms. The molecule has 76 valence electrons. The van der Waals surface area contributed by atoms with Gasteiger partial charge in [-0.25, -0.2) is 4.79 Å². The Morgan fingerprint density at radius 3 is 2.29 bits per heavy atom. The molecule has 0 saturated heterocycles. The van der Waals surface area contributed by atoms with Crippen LogP contribution >= 0.6 is 11.3 Å². The highest BCUT2D eigenvalue weighted by molar-refractivity contribution is 7.15. The molecular weight excluding hydrogens is 200 g/mol. The van der Waals surface area contributed by atoms with Gasteiger partial charge in [0.25, 0.3) is 0 Å². The van der Waals surface area contributed by atoms with Crippen molar-refractivity contribution < 1.29 is 14.3 Å². The lowest BCUT2D eigenvalue weighted by molar-refractivity contribution is 0.0384. The summed E-state index contributed by atoms with van der Waals surface area (Å²) in [6, 6.07) is 3.26. The van der Waals surface area contributed by atoms with Gasteiger partial charge >= 0.3 is 5.97 Å². The zero-order chi connectivity index (χ0) is 10.7. The third kappa shape index (κ3) is 2.67. The quantitative estimate of drug-likeness (QED) is 0.571. The fourth-order valence-corrected chi connectivity index (χ4v) is 1.69. The van der Waals surface area contributed by atoms with Gasteiger partial charge in [-0.05, 0) is 32.9 Å². The largest absolute Gasteiger partial charge is 0.459 e. The SMILES string of the molecule is CC(=O)c1ccc(C(=O)OC(C)C)s1. The van der Waals surface area contributed by atoms with Gasteiger partial charge in [0.2, 0.25) is 0 Å². The van der Waals surface area contributed by atoms with Crippen LogP contribution in [0.4, 0.5) is 0 Å². The summed E-state index contributed by atoms with van der Waals surface area (Å²) in [5, 5.41) is 0. The van der Waals surface area contributed by atoms with Crippen molar-refractivity contribution >= 4 is 23.1 Å². The molecule has 0 spiro atoms. The van der Waals surface area contributed by atoms with E-state index in [-0.39, 0.29) is 17.9 Å². The maximum absolute atomic E-state index is 11.4. The van der Waals surface area contributed by atoms with Crippen molar-refractivity contribution in [1.29, 1.82) is 0 Å². The molecule has 0 aromatic carbocycles. The molecule has 0 aliphatic rings. The van der Waals surface area contributed by atoms with Crippen molar-refractivity contribution in [2.24, 2.45) is 0 Å². The number of ether oxygens (including phenoxy) is 1. The normalized spacial score (nSPS) is 10.3. The van der Waals surface area contributed by atoms with Gasteiger partial charge in [0.1, 0.15) is 4.88 Å². The van der Waals surface area contributed by atoms with Crippen LogP contribution in [0.25, 0.3) is 0 Å². The number of hydrogen-bond donors (Lipinski definition) is 0. The number of carbonyl (C=O) groups excluding carboxylic acids is 2. The molecule has 0 atom stereocenters. The van der Waals surface area contributed by atoms with Gasteiger partial charge < -0.3 is 4.74 Å². The predicted molar refractivity (Wildman–Crippen MR) is 54.9 cm³/mol. The fourth-order valence-electron chi connectivity index (χ4n) is 0.909. The molecule has 0 N–H and O–H groups in total. The first-order valence-corrected chi connectivity index (χ1v) is 5.14. The minimum atomic E-state index is -0.363. The van der Waals surface area contributed by atoms with Crippen LogP contribution in [-0.4, -0.2) is 17.9 Å². The molecule has 1 rings (SSSR count). The molecule has 4 heteroatoms. The molecule has 0 aliphatic carbocycles. The predicted octanol–water partition coefficient (Wildman–Crippen LogP) is 2.52. The van der Waals surface area contributed by atoms with Crippen LogP contribution in [0, 0.1) is 0 Å². The van der Waals surface area contributed by atoms with Crippen LogP contribution in [0.3, 0.4) is 0 Å². The summed E-state index contributed by atoms with van der Waals surface area (Å²) in [6.45, 7) is 5.05. The third-order valence-corrected chi connectivity index (χ3v) is 2.66. The number of thiophene rings is 1. The van der Waals surface area contributed by atoms with Crippen LogP contribution in [0.5, 0.6) is 0 Å². The average Bonchev–Trinajstić information content (AvgIpc) is 2.50. The summed E-state index contributed by atoms with van der Waals surface area (Å²) >= 11 is 1.17. The number of hydrogen-bond acceptors (Lipinski definition) is 4. The Bertz CT molecular complexity index is 352. The Balaban J connectivity index is 2.76. The van der Waals surface area contributed by atoms with E-state index >= 15 is 0 Å². The molecule has 3 nitrogen and oxygen atoms in total. The molecule has 0 amide bonds. The summed E-state index contributed by atoms with van der Waals surface area (Å²) in [5.41, 5.74) is 0. The second-order valence-electron chi connectivity index (χ2n) is 3.17. The molecule has 0 radical (unpaired) electrons. The molecule has 1 aromatic rings. The van der Waals surface area contributed by atoms with E-state index in [0.717, 1.165) is 0 Å². The zero-order valence-corrected chi connectivity index (χ0v) is 9.18. The molecule has 1 heterocycles. The van der Waals surface area contributed by atoms with Crippen molar-refractivity contribution in [3.05, 3.63) is 21.9 Å². The summed E-state index contributed by atoms with van der Waals surface area (Å²) in [7, 11) is 0. The van der Waals surface area contributed by atoms with Gasteiger partial charge in [-0.15, -0.1) is 11.3 Å². The molecule has 0 saturated carbocycles. The monoisotopic (exact) mass is 212 g/mol. The summed E-state index contributed by atoms with van der Waals surface area (Å²) in [6.07, 6.45) is -0.134. The van der Waals surface area contributed by atoms with Crippen molar-refractivity contribution in [2.45, 2.75) is 26.9 Å². The van der Waals surface area contributed by atoms with Gasteiger partial charge in [0.05, 0.1) is 11.0 Å². The van der Waals surface area contributed by atoms with Gasteiger partial charge in [-0.1, -0.05) is 0 Å². The lowest BCUT2D eigenvalue weighted by atomic mass is 10.3. The molecule has 0 bridgehead atoms. The van der Waals surface area contributed by atoms with E-state index in [0.29, 0.717) is 9.75 Å². The maximum atomic E-state index is 11.4. The number of Topliss-reactive ketones (excluding diaryl/α,β-unsaturated/α-hetero) is 1. The molecule has 0 aliphatic heterocycles. The Morgan fingerprint density at radius 1 is 1.29 bits per heavy atom. The Morgan fingerprint density at radius 2 is 1.86 bits per heavy atom. The lowest BCUT2D eigenvalue weighted by Crippen LogP contribution is -2.09. The smallest absolute Gasteiger partial charge is 0.348 e. The standard InChI is InChI=1S/C10H12O3S/c1-6(2)13-10(12)9-5-4-8(14-9)7(3)11/h4-6H,1-3H3. The maximum Gasteiger partial charge on any atom is 0.348 e. The minimum Gasteiger partial charge on any atom is -0.459 e. The number of ketones is 1. The van der Waals surface area contributed by atoms with E-state index in [1.54, 1.807) is 26.0 Å². The number of carbonyl (C=O) groups is 2. The molecule has 0 unspecified atom stereocenters. The highest BCUT2D eigenvalue weighted by Gasteiger charge is 2.13. The van der Waals surface area contributed by atoms with Crippen LogP contribution in [-0.2, 0) is 4.74 Å². The number of rotatable bonds is 3. The van der Waals surface area contributed by atoms with Gasteiger partial charge in [0, 0.05) is 0 Å². The highest BCUT2D eigenvalue weighted by Crippen LogP contribution is 2.18. The second kappa shape index (κ2) is 4.37. The van der Waals surface area contributed by atoms with Crippen molar-refractivity contribution in [2.75, 3.05) is 0 Å². The Hall–Kier alpha value is -1.16. The fraction of sp³-hybridized carbons (Fsp3) is 0.400. The minimum absolute atomic E-state index is 0.0291. The van der Waals surface area contributed by atoms with E-state index < -0.39 is 0 Å². The van der Waals surface area contributed by atoms with Crippen LogP contribution in [0.15, 0.2) is 12.1 Å². The van der Waals surface area contributed by atoms with E-state index in [4.69, 9.17) is 4.74 Å². The molecule has 1 aromatic heterocycles. The molecule has 0 fully saturated rings. The molecular formula is C10H12O3S. The Labute approximate surface area is 86.7 Å². The van der Waals surface area contributed by atoms with E-state index in [1.165, 1.54) is 18.3 Å². The number of esters is 1. The zero-order valence-electron chi connectivity index (χ0n) is 8.37. The Kier molecular flexibility index (Phi) is 3.41.